The van der Waals surface area contributed by atoms with Crippen molar-refractivity contribution in [1.29, 1.82) is 0 Å². The molecule has 0 amide bonds. The zero-order valence-corrected chi connectivity index (χ0v) is 11.1. The van der Waals surface area contributed by atoms with E-state index >= 15 is 0 Å². The fourth-order valence-corrected chi connectivity index (χ4v) is 3.30. The molecule has 3 nitrogen and oxygen atoms in total. The first-order valence-electron chi connectivity index (χ1n) is 5.17. The highest BCUT2D eigenvalue weighted by atomic mass is 32.2. The summed E-state index contributed by atoms with van der Waals surface area (Å²) in [5.41, 5.74) is 0.405. The number of rotatable bonds is 4. The first-order chi connectivity index (χ1) is 8.16. The van der Waals surface area contributed by atoms with Gasteiger partial charge in [0.25, 0.3) is 6.43 Å². The Balaban J connectivity index is 3.29. The molecule has 0 heterocycles. The van der Waals surface area contributed by atoms with Crippen molar-refractivity contribution in [1.82, 2.24) is 4.31 Å². The van der Waals surface area contributed by atoms with Gasteiger partial charge in [0.1, 0.15) is 5.82 Å². The zero-order valence-electron chi connectivity index (χ0n) is 10.2. The third kappa shape index (κ3) is 3.02. The fraction of sp³-hybridized carbons (Fsp3) is 0.455. The molecule has 0 aromatic heterocycles. The van der Waals surface area contributed by atoms with E-state index in [0.717, 1.165) is 19.2 Å². The minimum absolute atomic E-state index is 0.118. The van der Waals surface area contributed by atoms with Crippen molar-refractivity contribution in [3.63, 3.8) is 0 Å². The molecule has 0 aliphatic rings. The number of benzene rings is 1. The van der Waals surface area contributed by atoms with Crippen LogP contribution in [0.25, 0.3) is 0 Å². The van der Waals surface area contributed by atoms with Gasteiger partial charge in [0.15, 0.2) is 0 Å². The van der Waals surface area contributed by atoms with Crippen molar-refractivity contribution in [3.8, 4) is 0 Å². The number of hydrogen-bond donors (Lipinski definition) is 0. The normalized spacial score (nSPS) is 12.4. The Kier molecular flexibility index (Phi) is 4.39. The van der Waals surface area contributed by atoms with Crippen LogP contribution in [0, 0.1) is 19.7 Å². The Morgan fingerprint density at radius 2 is 1.67 bits per heavy atom. The van der Waals surface area contributed by atoms with Crippen molar-refractivity contribution in [3.05, 3.63) is 29.1 Å². The van der Waals surface area contributed by atoms with Crippen LogP contribution in [-0.2, 0) is 10.0 Å². The molecule has 1 aromatic rings. The van der Waals surface area contributed by atoms with Crippen LogP contribution in [0.5, 0.6) is 0 Å². The first kappa shape index (κ1) is 15.0. The van der Waals surface area contributed by atoms with Crippen molar-refractivity contribution in [2.45, 2.75) is 25.2 Å². The molecule has 0 radical (unpaired) electrons. The molecule has 0 bridgehead atoms. The highest BCUT2D eigenvalue weighted by Crippen LogP contribution is 2.24. The Morgan fingerprint density at radius 3 is 2.06 bits per heavy atom. The molecule has 1 aromatic carbocycles. The zero-order chi connectivity index (χ0) is 14.1. The standard InChI is InChI=1S/C11H14F3NO2S/c1-7-4-9(12)5-8(2)11(7)18(16,17)15(3)6-10(13)14/h4-5,10H,6H2,1-3H3. The van der Waals surface area contributed by atoms with Crippen molar-refractivity contribution in [2.75, 3.05) is 13.6 Å². The van der Waals surface area contributed by atoms with E-state index in [-0.39, 0.29) is 16.0 Å². The lowest BCUT2D eigenvalue weighted by Crippen LogP contribution is -2.32. The second kappa shape index (κ2) is 5.27. The van der Waals surface area contributed by atoms with Crippen LogP contribution in [0.1, 0.15) is 11.1 Å². The van der Waals surface area contributed by atoms with Gasteiger partial charge in [-0.2, -0.15) is 4.31 Å². The summed E-state index contributed by atoms with van der Waals surface area (Å²) in [6, 6.07) is 2.13. The van der Waals surface area contributed by atoms with Crippen LogP contribution < -0.4 is 0 Å². The third-order valence-corrected chi connectivity index (χ3v) is 4.62. The molecule has 7 heteroatoms. The van der Waals surface area contributed by atoms with Gasteiger partial charge in [-0.1, -0.05) is 0 Å². The Labute approximate surface area is 104 Å². The topological polar surface area (TPSA) is 37.4 Å². The summed E-state index contributed by atoms with van der Waals surface area (Å²) in [5.74, 6) is -0.555. The van der Waals surface area contributed by atoms with Gasteiger partial charge in [0, 0.05) is 7.05 Å². The summed E-state index contributed by atoms with van der Waals surface area (Å²) in [5, 5.41) is 0. The summed E-state index contributed by atoms with van der Waals surface area (Å²) in [7, 11) is -2.95. The average molecular weight is 281 g/mol. The Hall–Kier alpha value is -1.08. The fourth-order valence-electron chi connectivity index (χ4n) is 1.75. The molecule has 0 saturated carbocycles. The number of sulfonamides is 1. The van der Waals surface area contributed by atoms with E-state index in [4.69, 9.17) is 0 Å². The van der Waals surface area contributed by atoms with Crippen molar-refractivity contribution >= 4 is 10.0 Å². The van der Waals surface area contributed by atoms with E-state index < -0.39 is 28.8 Å². The average Bonchev–Trinajstić information content (AvgIpc) is 2.13. The van der Waals surface area contributed by atoms with E-state index in [1.807, 2.05) is 0 Å². The molecule has 1 rings (SSSR count). The number of aryl methyl sites for hydroxylation is 2. The summed E-state index contributed by atoms with van der Waals surface area (Å²) in [6.07, 6.45) is -2.76. The monoisotopic (exact) mass is 281 g/mol. The summed E-state index contributed by atoms with van der Waals surface area (Å²) in [4.78, 5) is -0.118. The van der Waals surface area contributed by atoms with Gasteiger partial charge in [0.05, 0.1) is 11.4 Å². The van der Waals surface area contributed by atoms with E-state index in [1.54, 1.807) is 0 Å². The molecule has 0 atom stereocenters. The van der Waals surface area contributed by atoms with E-state index in [1.165, 1.54) is 13.8 Å². The van der Waals surface area contributed by atoms with Crippen LogP contribution >= 0.6 is 0 Å². The van der Waals surface area contributed by atoms with Gasteiger partial charge < -0.3 is 0 Å². The molecular formula is C11H14F3NO2S. The van der Waals surface area contributed by atoms with Gasteiger partial charge in [-0.25, -0.2) is 21.6 Å². The summed E-state index contributed by atoms with van der Waals surface area (Å²) in [6.45, 7) is 1.97. The second-order valence-electron chi connectivity index (χ2n) is 4.05. The number of nitrogens with zero attached hydrogens (tertiary/aromatic N) is 1. The van der Waals surface area contributed by atoms with E-state index in [9.17, 15) is 21.6 Å². The number of hydrogen-bond acceptors (Lipinski definition) is 2. The Morgan fingerprint density at radius 1 is 1.22 bits per heavy atom. The highest BCUT2D eigenvalue weighted by molar-refractivity contribution is 7.89. The van der Waals surface area contributed by atoms with Crippen LogP contribution in [0.15, 0.2) is 17.0 Å². The Bertz CT molecular complexity index is 520. The molecule has 0 spiro atoms. The maximum atomic E-state index is 13.1. The van der Waals surface area contributed by atoms with Gasteiger partial charge in [-0.3, -0.25) is 0 Å². The minimum atomic E-state index is -4.03. The summed E-state index contributed by atoms with van der Waals surface area (Å²) < 4.78 is 62.3. The molecule has 0 aliphatic carbocycles. The molecular weight excluding hydrogens is 267 g/mol. The lowest BCUT2D eigenvalue weighted by Gasteiger charge is -2.19. The molecule has 0 aliphatic heterocycles. The van der Waals surface area contributed by atoms with Crippen LogP contribution in [0.4, 0.5) is 13.2 Å². The SMILES string of the molecule is Cc1cc(F)cc(C)c1S(=O)(=O)N(C)CC(F)F. The van der Waals surface area contributed by atoms with Crippen LogP contribution in [-0.4, -0.2) is 32.7 Å². The lowest BCUT2D eigenvalue weighted by atomic mass is 10.1. The molecule has 0 fully saturated rings. The van der Waals surface area contributed by atoms with Gasteiger partial charge in [-0.15, -0.1) is 0 Å². The lowest BCUT2D eigenvalue weighted by molar-refractivity contribution is 0.126. The molecule has 0 saturated heterocycles. The maximum absolute atomic E-state index is 13.1. The first-order valence-corrected chi connectivity index (χ1v) is 6.61. The quantitative estimate of drug-likeness (QED) is 0.849. The van der Waals surface area contributed by atoms with E-state index in [2.05, 4.69) is 0 Å². The predicted octanol–water partition coefficient (Wildman–Crippen LogP) is 2.33. The predicted molar refractivity (Wildman–Crippen MR) is 61.7 cm³/mol. The van der Waals surface area contributed by atoms with Crippen molar-refractivity contribution < 1.29 is 21.6 Å². The second-order valence-corrected chi connectivity index (χ2v) is 6.03. The van der Waals surface area contributed by atoms with Gasteiger partial charge in [0.2, 0.25) is 10.0 Å². The van der Waals surface area contributed by atoms with Gasteiger partial charge >= 0.3 is 0 Å². The third-order valence-electron chi connectivity index (χ3n) is 2.49. The number of halogens is 3. The minimum Gasteiger partial charge on any atom is -0.209 e. The molecule has 102 valence electrons. The summed E-state index contributed by atoms with van der Waals surface area (Å²) >= 11 is 0. The van der Waals surface area contributed by atoms with Crippen LogP contribution in [0.2, 0.25) is 0 Å². The molecule has 18 heavy (non-hydrogen) atoms. The smallest absolute Gasteiger partial charge is 0.209 e. The maximum Gasteiger partial charge on any atom is 0.252 e. The van der Waals surface area contributed by atoms with Gasteiger partial charge in [-0.05, 0) is 37.1 Å². The highest BCUT2D eigenvalue weighted by Gasteiger charge is 2.27. The van der Waals surface area contributed by atoms with Crippen molar-refractivity contribution in [2.24, 2.45) is 0 Å². The van der Waals surface area contributed by atoms with E-state index in [0.29, 0.717) is 4.31 Å². The van der Waals surface area contributed by atoms with Crippen LogP contribution in [0.3, 0.4) is 0 Å². The molecule has 0 unspecified atom stereocenters. The molecule has 0 N–H and O–H groups in total. The largest absolute Gasteiger partial charge is 0.252 e. The number of alkyl halides is 2.